The molecule has 0 aliphatic heterocycles. The molecule has 10 aromatic rings. The summed E-state index contributed by atoms with van der Waals surface area (Å²) in [5, 5.41) is 7.60. The molecule has 0 amide bonds. The molecule has 0 N–H and O–H groups in total. The van der Waals surface area contributed by atoms with Gasteiger partial charge >= 0.3 is 0 Å². The summed E-state index contributed by atoms with van der Waals surface area (Å²) in [6.45, 7) is 6.89. The van der Waals surface area contributed by atoms with Gasteiger partial charge in [-0.05, 0) is 89.8 Å². The van der Waals surface area contributed by atoms with E-state index in [0.717, 1.165) is 5.69 Å². The van der Waals surface area contributed by atoms with Crippen LogP contribution in [0.3, 0.4) is 0 Å². The summed E-state index contributed by atoms with van der Waals surface area (Å²) in [6, 6.07) is 58.0. The highest BCUT2D eigenvalue weighted by atomic mass is 15.0. The first kappa shape index (κ1) is 28.0. The summed E-state index contributed by atoms with van der Waals surface area (Å²) in [5.74, 6) is 0. The molecule has 0 radical (unpaired) electrons. The first-order chi connectivity index (χ1) is 24.0. The molecule has 7 aromatic carbocycles. The molecule has 0 spiro atoms. The number of hydrogen-bond donors (Lipinski definition) is 0. The summed E-state index contributed by atoms with van der Waals surface area (Å²) in [5.41, 5.74) is 12.1. The van der Waals surface area contributed by atoms with Crippen LogP contribution in [0.15, 0.2) is 158 Å². The van der Waals surface area contributed by atoms with Gasteiger partial charge in [0.15, 0.2) is 0 Å². The van der Waals surface area contributed by atoms with Crippen LogP contribution in [-0.4, -0.2) is 13.7 Å². The van der Waals surface area contributed by atoms with Gasteiger partial charge in [-0.3, -0.25) is 0 Å². The molecule has 0 saturated carbocycles. The monoisotopic (exact) mass is 629 g/mol. The van der Waals surface area contributed by atoms with E-state index in [0.29, 0.717) is 0 Å². The lowest BCUT2D eigenvalue weighted by Gasteiger charge is -2.19. The second kappa shape index (κ2) is 10.2. The molecule has 0 atom stereocenters. The SMILES string of the molecule is CC(C)(C)c1ccc2c(c1)c1cc3c4cc(-n5c6ccccc6c6ccccc65)ccc4n(-c4ccccc4)c3cc1n2-c1ccccc1. The molecule has 3 heteroatoms. The van der Waals surface area contributed by atoms with Gasteiger partial charge in [-0.2, -0.15) is 0 Å². The number of aromatic nitrogens is 3. The van der Waals surface area contributed by atoms with Crippen LogP contribution < -0.4 is 0 Å². The maximum Gasteiger partial charge on any atom is 0.0562 e. The third-order valence-corrected chi connectivity index (χ3v) is 10.4. The predicted molar refractivity (Wildman–Crippen MR) is 208 cm³/mol. The molecule has 49 heavy (non-hydrogen) atoms. The lowest BCUT2D eigenvalue weighted by molar-refractivity contribution is 0.591. The van der Waals surface area contributed by atoms with Gasteiger partial charge in [-0.1, -0.05) is 99.6 Å². The largest absolute Gasteiger partial charge is 0.309 e. The van der Waals surface area contributed by atoms with Crippen LogP contribution in [0.5, 0.6) is 0 Å². The Morgan fingerprint density at radius 1 is 0.306 bits per heavy atom. The Balaban J connectivity index is 1.36. The molecule has 0 aliphatic rings. The first-order valence-corrected chi connectivity index (χ1v) is 17.1. The Labute approximate surface area is 284 Å². The number of benzene rings is 7. The van der Waals surface area contributed by atoms with Crippen LogP contribution in [-0.2, 0) is 5.41 Å². The zero-order chi connectivity index (χ0) is 32.9. The van der Waals surface area contributed by atoms with Crippen LogP contribution in [0.4, 0.5) is 0 Å². The predicted octanol–water partition coefficient (Wildman–Crippen LogP) is 12.3. The fourth-order valence-corrected chi connectivity index (χ4v) is 8.04. The average Bonchev–Trinajstić information content (AvgIpc) is 3.75. The van der Waals surface area contributed by atoms with E-state index in [2.05, 4.69) is 192 Å². The van der Waals surface area contributed by atoms with Crippen molar-refractivity contribution in [2.45, 2.75) is 26.2 Å². The lowest BCUT2D eigenvalue weighted by Crippen LogP contribution is -2.10. The molecule has 10 rings (SSSR count). The third-order valence-electron chi connectivity index (χ3n) is 10.4. The number of nitrogens with zero attached hydrogens (tertiary/aromatic N) is 3. The smallest absolute Gasteiger partial charge is 0.0562 e. The van der Waals surface area contributed by atoms with Crippen molar-refractivity contribution < 1.29 is 0 Å². The number of hydrogen-bond acceptors (Lipinski definition) is 0. The molecule has 3 heterocycles. The maximum atomic E-state index is 2.45. The van der Waals surface area contributed by atoms with E-state index in [4.69, 9.17) is 0 Å². The van der Waals surface area contributed by atoms with Crippen LogP contribution in [0, 0.1) is 0 Å². The maximum absolute atomic E-state index is 2.45. The first-order valence-electron chi connectivity index (χ1n) is 17.1. The Morgan fingerprint density at radius 3 is 1.29 bits per heavy atom. The van der Waals surface area contributed by atoms with Crippen molar-refractivity contribution in [3.05, 3.63) is 163 Å². The summed E-state index contributed by atoms with van der Waals surface area (Å²) in [4.78, 5) is 0. The van der Waals surface area contributed by atoms with Crippen LogP contribution in [0.2, 0.25) is 0 Å². The van der Waals surface area contributed by atoms with Gasteiger partial charge in [0.1, 0.15) is 0 Å². The molecular weight excluding hydrogens is 595 g/mol. The highest BCUT2D eigenvalue weighted by Crippen LogP contribution is 2.42. The molecular formula is C46H35N3. The minimum Gasteiger partial charge on any atom is -0.309 e. The summed E-state index contributed by atoms with van der Waals surface area (Å²) in [6.07, 6.45) is 0. The van der Waals surface area contributed by atoms with Crippen molar-refractivity contribution in [1.82, 2.24) is 13.7 Å². The molecule has 3 aromatic heterocycles. The minimum atomic E-state index is 0.0417. The van der Waals surface area contributed by atoms with Gasteiger partial charge in [0.05, 0.1) is 33.1 Å². The lowest BCUT2D eigenvalue weighted by atomic mass is 9.86. The third kappa shape index (κ3) is 4.09. The van der Waals surface area contributed by atoms with Crippen LogP contribution >= 0.6 is 0 Å². The van der Waals surface area contributed by atoms with Crippen molar-refractivity contribution in [2.24, 2.45) is 0 Å². The fraction of sp³-hybridized carbons (Fsp3) is 0.0870. The standard InChI is InChI=1S/C46H35N3/c1-46(2,3)30-22-24-42-36(26-30)38-28-39-37-27-33(49-40-20-12-10-18-34(40)35-19-11-13-21-41(35)49)23-25-43(37)48(32-16-8-5-9-17-32)45(39)29-44(38)47(42)31-14-6-4-7-15-31/h4-29H,1-3H3. The van der Waals surface area contributed by atoms with E-state index < -0.39 is 0 Å². The Morgan fingerprint density at radius 2 is 0.735 bits per heavy atom. The van der Waals surface area contributed by atoms with E-state index in [1.54, 1.807) is 0 Å². The van der Waals surface area contributed by atoms with Gasteiger partial charge in [0.2, 0.25) is 0 Å². The second-order valence-corrected chi connectivity index (χ2v) is 14.3. The van der Waals surface area contributed by atoms with E-state index in [9.17, 15) is 0 Å². The van der Waals surface area contributed by atoms with Gasteiger partial charge in [0.25, 0.3) is 0 Å². The molecule has 0 saturated heterocycles. The van der Waals surface area contributed by atoms with Gasteiger partial charge in [-0.15, -0.1) is 0 Å². The molecule has 0 bridgehead atoms. The number of para-hydroxylation sites is 4. The quantitative estimate of drug-likeness (QED) is 0.185. The van der Waals surface area contributed by atoms with Gasteiger partial charge < -0.3 is 13.7 Å². The van der Waals surface area contributed by atoms with Crippen molar-refractivity contribution in [3.63, 3.8) is 0 Å². The van der Waals surface area contributed by atoms with Crippen molar-refractivity contribution in [3.8, 4) is 17.1 Å². The average molecular weight is 630 g/mol. The molecule has 3 nitrogen and oxygen atoms in total. The van der Waals surface area contributed by atoms with Crippen LogP contribution in [0.1, 0.15) is 26.3 Å². The zero-order valence-corrected chi connectivity index (χ0v) is 27.9. The highest BCUT2D eigenvalue weighted by Gasteiger charge is 2.22. The summed E-state index contributed by atoms with van der Waals surface area (Å²) < 4.78 is 7.30. The van der Waals surface area contributed by atoms with Crippen molar-refractivity contribution in [2.75, 3.05) is 0 Å². The van der Waals surface area contributed by atoms with Crippen molar-refractivity contribution in [1.29, 1.82) is 0 Å². The normalized spacial score (nSPS) is 12.4. The van der Waals surface area contributed by atoms with Crippen LogP contribution in [0.25, 0.3) is 82.5 Å². The molecule has 0 fully saturated rings. The second-order valence-electron chi connectivity index (χ2n) is 14.3. The summed E-state index contributed by atoms with van der Waals surface area (Å²) >= 11 is 0. The number of rotatable bonds is 3. The zero-order valence-electron chi connectivity index (χ0n) is 27.9. The van der Waals surface area contributed by atoms with E-state index in [1.807, 2.05) is 0 Å². The topological polar surface area (TPSA) is 14.8 Å². The molecule has 0 aliphatic carbocycles. The Hall–Kier alpha value is -6.06. The fourth-order valence-electron chi connectivity index (χ4n) is 8.04. The van der Waals surface area contributed by atoms with Crippen molar-refractivity contribution >= 4 is 65.4 Å². The summed E-state index contributed by atoms with van der Waals surface area (Å²) in [7, 11) is 0. The van der Waals surface area contributed by atoms with E-state index in [1.165, 1.54) is 82.4 Å². The van der Waals surface area contributed by atoms with E-state index in [-0.39, 0.29) is 5.41 Å². The Bertz CT molecular complexity index is 2840. The highest BCUT2D eigenvalue weighted by molar-refractivity contribution is 6.20. The van der Waals surface area contributed by atoms with Gasteiger partial charge in [0, 0.05) is 49.4 Å². The Kier molecular flexibility index (Phi) is 5.84. The molecule has 234 valence electrons. The minimum absolute atomic E-state index is 0.0417. The van der Waals surface area contributed by atoms with Gasteiger partial charge in [-0.25, -0.2) is 0 Å². The van der Waals surface area contributed by atoms with E-state index >= 15 is 0 Å². The molecule has 0 unspecified atom stereocenters. The number of fused-ring (bicyclic) bond motifs is 9.